The van der Waals surface area contributed by atoms with Gasteiger partial charge < -0.3 is 15.4 Å². The Kier molecular flexibility index (Phi) is 7.97. The van der Waals surface area contributed by atoms with Crippen LogP contribution in [-0.4, -0.2) is 39.3 Å². The van der Waals surface area contributed by atoms with E-state index in [9.17, 15) is 0 Å². The molecule has 2 heterocycles. The maximum absolute atomic E-state index is 5.26. The fourth-order valence-corrected chi connectivity index (χ4v) is 3.06. The number of hydrogen-bond acceptors (Lipinski definition) is 3. The molecule has 1 aliphatic heterocycles. The van der Waals surface area contributed by atoms with Crippen LogP contribution >= 0.6 is 35.3 Å². The molecule has 0 bridgehead atoms. The highest BCUT2D eigenvalue weighted by Gasteiger charge is 2.33. The standard InChI is InChI=1S/C15H25N3OS.HI/c1-12(7-13-5-4-6-20-13)8-17-14(16-3)18-9-15(2)10-19-11-15;/h4-6,12H,7-11H2,1-3H3,(H2,16,17,18);1H. The molecule has 1 aliphatic rings. The Morgan fingerprint density at radius 3 is 2.76 bits per heavy atom. The van der Waals surface area contributed by atoms with Gasteiger partial charge in [0, 0.05) is 30.4 Å². The lowest BCUT2D eigenvalue weighted by molar-refractivity contribution is -0.0971. The highest BCUT2D eigenvalue weighted by Crippen LogP contribution is 2.24. The Morgan fingerprint density at radius 2 is 2.24 bits per heavy atom. The van der Waals surface area contributed by atoms with Crippen molar-refractivity contribution >= 4 is 41.3 Å². The van der Waals surface area contributed by atoms with Crippen LogP contribution in [0.3, 0.4) is 0 Å². The topological polar surface area (TPSA) is 45.7 Å². The molecule has 4 nitrogen and oxygen atoms in total. The van der Waals surface area contributed by atoms with Gasteiger partial charge in [-0.3, -0.25) is 4.99 Å². The molecule has 2 rings (SSSR count). The first-order chi connectivity index (χ1) is 9.61. The van der Waals surface area contributed by atoms with Gasteiger partial charge in [0.15, 0.2) is 5.96 Å². The average molecular weight is 423 g/mol. The summed E-state index contributed by atoms with van der Waals surface area (Å²) in [6.45, 7) is 8.02. The molecule has 0 amide bonds. The maximum Gasteiger partial charge on any atom is 0.191 e. The first-order valence-electron chi connectivity index (χ1n) is 7.16. The summed E-state index contributed by atoms with van der Waals surface area (Å²) in [4.78, 5) is 5.72. The minimum Gasteiger partial charge on any atom is -0.380 e. The van der Waals surface area contributed by atoms with E-state index < -0.39 is 0 Å². The highest BCUT2D eigenvalue weighted by atomic mass is 127. The molecule has 1 fully saturated rings. The quantitative estimate of drug-likeness (QED) is 0.420. The average Bonchev–Trinajstić information content (AvgIpc) is 2.89. The molecule has 1 atom stereocenters. The van der Waals surface area contributed by atoms with Crippen LogP contribution in [0.2, 0.25) is 0 Å². The van der Waals surface area contributed by atoms with Crippen LogP contribution in [0, 0.1) is 11.3 Å². The monoisotopic (exact) mass is 423 g/mol. The van der Waals surface area contributed by atoms with Gasteiger partial charge in [-0.2, -0.15) is 0 Å². The Bertz CT molecular complexity index is 432. The number of ether oxygens (including phenoxy) is 1. The molecule has 1 aromatic heterocycles. The highest BCUT2D eigenvalue weighted by molar-refractivity contribution is 14.0. The van der Waals surface area contributed by atoms with Crippen LogP contribution < -0.4 is 10.6 Å². The smallest absolute Gasteiger partial charge is 0.191 e. The van der Waals surface area contributed by atoms with E-state index in [0.717, 1.165) is 38.7 Å². The number of hydrogen-bond donors (Lipinski definition) is 2. The molecular weight excluding hydrogens is 397 g/mol. The summed E-state index contributed by atoms with van der Waals surface area (Å²) < 4.78 is 5.26. The van der Waals surface area contributed by atoms with E-state index in [1.165, 1.54) is 4.88 Å². The molecule has 0 radical (unpaired) electrons. The van der Waals surface area contributed by atoms with E-state index in [1.807, 2.05) is 18.4 Å². The van der Waals surface area contributed by atoms with Crippen molar-refractivity contribution in [3.8, 4) is 0 Å². The summed E-state index contributed by atoms with van der Waals surface area (Å²) >= 11 is 1.83. The van der Waals surface area contributed by atoms with Crippen molar-refractivity contribution in [2.45, 2.75) is 20.3 Å². The van der Waals surface area contributed by atoms with E-state index in [0.29, 0.717) is 5.92 Å². The van der Waals surface area contributed by atoms with Crippen LogP contribution in [-0.2, 0) is 11.2 Å². The van der Waals surface area contributed by atoms with E-state index in [4.69, 9.17) is 4.74 Å². The van der Waals surface area contributed by atoms with Crippen LogP contribution in [0.1, 0.15) is 18.7 Å². The van der Waals surface area contributed by atoms with Crippen LogP contribution in [0.4, 0.5) is 0 Å². The van der Waals surface area contributed by atoms with Gasteiger partial charge >= 0.3 is 0 Å². The summed E-state index contributed by atoms with van der Waals surface area (Å²) in [5.74, 6) is 1.48. The number of halogens is 1. The molecule has 1 unspecified atom stereocenters. The lowest BCUT2D eigenvalue weighted by atomic mass is 9.89. The summed E-state index contributed by atoms with van der Waals surface area (Å²) in [6.07, 6.45) is 1.12. The zero-order valence-corrected chi connectivity index (χ0v) is 16.2. The summed E-state index contributed by atoms with van der Waals surface area (Å²) in [5, 5.41) is 8.93. The lowest BCUT2D eigenvalue weighted by Gasteiger charge is -2.38. The molecule has 2 N–H and O–H groups in total. The summed E-state index contributed by atoms with van der Waals surface area (Å²) in [7, 11) is 1.82. The van der Waals surface area contributed by atoms with Gasteiger partial charge in [0.25, 0.3) is 0 Å². The Hall–Kier alpha value is -0.340. The van der Waals surface area contributed by atoms with Crippen LogP contribution in [0.25, 0.3) is 0 Å². The molecule has 1 aromatic rings. The van der Waals surface area contributed by atoms with Gasteiger partial charge in [0.05, 0.1) is 13.2 Å². The second-order valence-corrected chi connectivity index (χ2v) is 7.03. The second kappa shape index (κ2) is 8.95. The minimum atomic E-state index is 0. The zero-order valence-electron chi connectivity index (χ0n) is 13.0. The van der Waals surface area contributed by atoms with Gasteiger partial charge in [-0.05, 0) is 23.8 Å². The van der Waals surface area contributed by atoms with Gasteiger partial charge in [0.1, 0.15) is 0 Å². The van der Waals surface area contributed by atoms with Crippen molar-refractivity contribution in [3.05, 3.63) is 22.4 Å². The molecule has 6 heteroatoms. The third-order valence-electron chi connectivity index (χ3n) is 3.55. The van der Waals surface area contributed by atoms with E-state index >= 15 is 0 Å². The number of guanidine groups is 1. The molecule has 1 saturated heterocycles. The van der Waals surface area contributed by atoms with Gasteiger partial charge in [-0.1, -0.05) is 19.9 Å². The fourth-order valence-electron chi connectivity index (χ4n) is 2.19. The third kappa shape index (κ3) is 6.12. The number of thiophene rings is 1. The van der Waals surface area contributed by atoms with E-state index in [2.05, 4.69) is 47.0 Å². The van der Waals surface area contributed by atoms with Gasteiger partial charge in [0.2, 0.25) is 0 Å². The predicted molar refractivity (Wildman–Crippen MR) is 101 cm³/mol. The Morgan fingerprint density at radius 1 is 1.48 bits per heavy atom. The van der Waals surface area contributed by atoms with E-state index in [1.54, 1.807) is 0 Å². The van der Waals surface area contributed by atoms with Crippen molar-refractivity contribution < 1.29 is 4.74 Å². The Balaban J connectivity index is 0.00000220. The van der Waals surface area contributed by atoms with E-state index in [-0.39, 0.29) is 29.4 Å². The lowest BCUT2D eigenvalue weighted by Crippen LogP contribution is -2.51. The molecule has 21 heavy (non-hydrogen) atoms. The molecule has 0 aliphatic carbocycles. The third-order valence-corrected chi connectivity index (χ3v) is 4.45. The van der Waals surface area contributed by atoms with Crippen molar-refractivity contribution in [3.63, 3.8) is 0 Å². The molecule has 0 saturated carbocycles. The predicted octanol–water partition coefficient (Wildman–Crippen LogP) is 2.75. The Labute approximate surface area is 148 Å². The normalized spacial score (nSPS) is 18.3. The number of nitrogens with one attached hydrogen (secondary N) is 2. The largest absolute Gasteiger partial charge is 0.380 e. The van der Waals surface area contributed by atoms with Crippen molar-refractivity contribution in [1.29, 1.82) is 0 Å². The van der Waals surface area contributed by atoms with Gasteiger partial charge in [-0.25, -0.2) is 0 Å². The van der Waals surface area contributed by atoms with Crippen molar-refractivity contribution in [2.75, 3.05) is 33.4 Å². The number of aliphatic imine (C=N–C) groups is 1. The number of nitrogens with zero attached hydrogens (tertiary/aromatic N) is 1. The second-order valence-electron chi connectivity index (χ2n) is 6.00. The summed E-state index contributed by atoms with van der Waals surface area (Å²) in [6, 6.07) is 4.31. The molecule has 0 spiro atoms. The molecular formula is C15H26IN3OS. The molecule has 120 valence electrons. The van der Waals surface area contributed by atoms with Crippen molar-refractivity contribution in [2.24, 2.45) is 16.3 Å². The number of rotatable bonds is 6. The zero-order chi connectivity index (χ0) is 14.4. The molecule has 0 aromatic carbocycles. The first kappa shape index (κ1) is 18.7. The maximum atomic E-state index is 5.26. The van der Waals surface area contributed by atoms with Gasteiger partial charge in [-0.15, -0.1) is 35.3 Å². The summed E-state index contributed by atoms with van der Waals surface area (Å²) in [5.41, 5.74) is 0.264. The first-order valence-corrected chi connectivity index (χ1v) is 8.04. The minimum absolute atomic E-state index is 0. The fraction of sp³-hybridized carbons (Fsp3) is 0.667. The SMILES string of the molecule is CN=C(NCC(C)Cc1cccs1)NCC1(C)COC1.I. The van der Waals surface area contributed by atoms with Crippen molar-refractivity contribution in [1.82, 2.24) is 10.6 Å². The van der Waals surface area contributed by atoms with Crippen LogP contribution in [0.5, 0.6) is 0 Å². The van der Waals surface area contributed by atoms with Crippen LogP contribution in [0.15, 0.2) is 22.5 Å².